The van der Waals surface area contributed by atoms with Crippen molar-refractivity contribution in [2.75, 3.05) is 13.2 Å². The summed E-state index contributed by atoms with van der Waals surface area (Å²) in [4.78, 5) is 0. The molecule has 0 unspecified atom stereocenters. The summed E-state index contributed by atoms with van der Waals surface area (Å²) in [5, 5.41) is 4.59. The Morgan fingerprint density at radius 1 is 0.567 bits per heavy atom. The molecule has 0 saturated heterocycles. The molecule has 0 fully saturated rings. The average molecular weight is 536 g/mol. The second kappa shape index (κ2) is 12.0. The van der Waals surface area contributed by atoms with E-state index in [1.165, 1.54) is 49.3 Å². The summed E-state index contributed by atoms with van der Waals surface area (Å²) in [5.41, 5.74) is 0. The van der Waals surface area contributed by atoms with Gasteiger partial charge in [0.05, 0.1) is 13.2 Å². The molecular weight excluding hydrogens is 504 g/mol. The number of benzene rings is 3. The molecule has 0 aliphatic rings. The van der Waals surface area contributed by atoms with Crippen LogP contribution in [0.3, 0.4) is 0 Å². The number of fused-ring (bicyclic) bond motifs is 3. The van der Waals surface area contributed by atoms with E-state index in [0.717, 1.165) is 57.3 Å². The lowest BCUT2D eigenvalue weighted by molar-refractivity contribution is 0.264. The molecule has 3 rings (SSSR count). The maximum atomic E-state index is 6.40. The highest BCUT2D eigenvalue weighted by Gasteiger charge is 2.18. The fourth-order valence-corrected chi connectivity index (χ4v) is 4.53. The number of hydrogen-bond donors (Lipinski definition) is 0. The summed E-state index contributed by atoms with van der Waals surface area (Å²) in [7, 11) is 0. The number of hydrogen-bond acceptors (Lipinski definition) is 2. The zero-order chi connectivity index (χ0) is 21.3. The smallest absolute Gasteiger partial charge is 0.169 e. The standard InChI is InChI=1S/C26H32Br2O2/c1-3-5-7-9-15-29-25-21-13-11-19(27)17-23(21)24-18-20(28)12-14-22(24)26(25)30-16-10-8-6-4-2/h11-14,17-18H,3-10,15-16H2,1-2H3. The van der Waals surface area contributed by atoms with Gasteiger partial charge in [-0.25, -0.2) is 0 Å². The molecule has 4 heteroatoms. The van der Waals surface area contributed by atoms with Crippen LogP contribution in [-0.2, 0) is 0 Å². The molecule has 0 bridgehead atoms. The summed E-state index contributed by atoms with van der Waals surface area (Å²) in [5.74, 6) is 1.78. The quantitative estimate of drug-likeness (QED) is 0.170. The summed E-state index contributed by atoms with van der Waals surface area (Å²) in [6, 6.07) is 12.8. The van der Waals surface area contributed by atoms with Gasteiger partial charge in [-0.2, -0.15) is 0 Å². The van der Waals surface area contributed by atoms with Gasteiger partial charge in [-0.05, 0) is 60.0 Å². The topological polar surface area (TPSA) is 18.5 Å². The van der Waals surface area contributed by atoms with Gasteiger partial charge in [0, 0.05) is 19.7 Å². The molecular formula is C26H32Br2O2. The van der Waals surface area contributed by atoms with E-state index in [-0.39, 0.29) is 0 Å². The second-order valence-electron chi connectivity index (χ2n) is 7.86. The first-order valence-corrected chi connectivity index (χ1v) is 12.8. The zero-order valence-corrected chi connectivity index (χ0v) is 21.3. The van der Waals surface area contributed by atoms with Crippen molar-refractivity contribution >= 4 is 53.4 Å². The summed E-state index contributed by atoms with van der Waals surface area (Å²) in [6.45, 7) is 5.91. The maximum absolute atomic E-state index is 6.40. The molecule has 3 aromatic rings. The molecule has 0 saturated carbocycles. The molecule has 2 nitrogen and oxygen atoms in total. The van der Waals surface area contributed by atoms with Gasteiger partial charge < -0.3 is 9.47 Å². The maximum Gasteiger partial charge on any atom is 0.169 e. The fraction of sp³-hybridized carbons (Fsp3) is 0.462. The third-order valence-corrected chi connectivity index (χ3v) is 6.42. The summed E-state index contributed by atoms with van der Waals surface area (Å²) >= 11 is 7.29. The minimum Gasteiger partial charge on any atom is -0.489 e. The molecule has 3 aromatic carbocycles. The highest BCUT2D eigenvalue weighted by molar-refractivity contribution is 9.10. The van der Waals surface area contributed by atoms with Gasteiger partial charge in [-0.15, -0.1) is 0 Å². The number of unbranched alkanes of at least 4 members (excludes halogenated alkanes) is 6. The van der Waals surface area contributed by atoms with Crippen molar-refractivity contribution in [3.63, 3.8) is 0 Å². The van der Waals surface area contributed by atoms with E-state index in [0.29, 0.717) is 0 Å². The largest absolute Gasteiger partial charge is 0.489 e. The fourth-order valence-electron chi connectivity index (χ4n) is 3.81. The van der Waals surface area contributed by atoms with Crippen LogP contribution in [0.5, 0.6) is 11.5 Å². The minimum absolute atomic E-state index is 0.722. The first-order chi connectivity index (χ1) is 14.7. The minimum atomic E-state index is 0.722. The predicted molar refractivity (Wildman–Crippen MR) is 136 cm³/mol. The lowest BCUT2D eigenvalue weighted by atomic mass is 10.00. The van der Waals surface area contributed by atoms with Crippen molar-refractivity contribution < 1.29 is 9.47 Å². The van der Waals surface area contributed by atoms with Crippen molar-refractivity contribution in [1.29, 1.82) is 0 Å². The third-order valence-electron chi connectivity index (χ3n) is 5.44. The first kappa shape index (κ1) is 23.4. The molecule has 0 amide bonds. The molecule has 0 spiro atoms. The van der Waals surface area contributed by atoms with Gasteiger partial charge in [0.25, 0.3) is 0 Å². The number of halogens is 2. The Morgan fingerprint density at radius 2 is 1.00 bits per heavy atom. The Balaban J connectivity index is 2.02. The highest BCUT2D eigenvalue weighted by Crippen LogP contribution is 2.45. The van der Waals surface area contributed by atoms with E-state index < -0.39 is 0 Å². The van der Waals surface area contributed by atoms with Crippen molar-refractivity contribution in [3.8, 4) is 11.5 Å². The SMILES string of the molecule is CCCCCCOc1c(OCCCCCC)c2ccc(Br)cc2c2cc(Br)ccc12. The Hall–Kier alpha value is -1.26. The van der Waals surface area contributed by atoms with Crippen LogP contribution in [0, 0.1) is 0 Å². The van der Waals surface area contributed by atoms with Gasteiger partial charge >= 0.3 is 0 Å². The van der Waals surface area contributed by atoms with E-state index in [1.807, 2.05) is 0 Å². The van der Waals surface area contributed by atoms with Crippen molar-refractivity contribution in [2.45, 2.75) is 65.2 Å². The van der Waals surface area contributed by atoms with E-state index >= 15 is 0 Å². The van der Waals surface area contributed by atoms with Crippen LogP contribution in [0.15, 0.2) is 45.3 Å². The van der Waals surface area contributed by atoms with Crippen LogP contribution in [0.2, 0.25) is 0 Å². The molecule has 30 heavy (non-hydrogen) atoms. The molecule has 0 N–H and O–H groups in total. The number of rotatable bonds is 12. The molecule has 0 atom stereocenters. The first-order valence-electron chi connectivity index (χ1n) is 11.3. The van der Waals surface area contributed by atoms with Gasteiger partial charge in [-0.3, -0.25) is 0 Å². The second-order valence-corrected chi connectivity index (χ2v) is 9.69. The van der Waals surface area contributed by atoms with Crippen LogP contribution in [0.25, 0.3) is 21.5 Å². The van der Waals surface area contributed by atoms with Gasteiger partial charge in [0.1, 0.15) is 0 Å². The Kier molecular flexibility index (Phi) is 9.32. The zero-order valence-electron chi connectivity index (χ0n) is 18.1. The molecule has 0 aromatic heterocycles. The van der Waals surface area contributed by atoms with Crippen molar-refractivity contribution in [2.24, 2.45) is 0 Å². The van der Waals surface area contributed by atoms with E-state index in [1.54, 1.807) is 0 Å². The highest BCUT2D eigenvalue weighted by atomic mass is 79.9. The monoisotopic (exact) mass is 534 g/mol. The summed E-state index contributed by atoms with van der Waals surface area (Å²) in [6.07, 6.45) is 9.51. The molecule has 0 heterocycles. The van der Waals surface area contributed by atoms with Crippen LogP contribution >= 0.6 is 31.9 Å². The van der Waals surface area contributed by atoms with Crippen molar-refractivity contribution in [3.05, 3.63) is 45.3 Å². The normalized spacial score (nSPS) is 11.3. The van der Waals surface area contributed by atoms with Crippen LogP contribution in [0.1, 0.15) is 65.2 Å². The number of ether oxygens (including phenoxy) is 2. The Bertz CT molecular complexity index is 890. The van der Waals surface area contributed by atoms with Crippen LogP contribution in [0.4, 0.5) is 0 Å². The van der Waals surface area contributed by atoms with Gasteiger partial charge in [0.2, 0.25) is 0 Å². The molecule has 0 radical (unpaired) electrons. The van der Waals surface area contributed by atoms with E-state index in [4.69, 9.17) is 9.47 Å². The van der Waals surface area contributed by atoms with Gasteiger partial charge in [0.15, 0.2) is 11.5 Å². The molecule has 0 aliphatic heterocycles. The third kappa shape index (κ3) is 5.91. The van der Waals surface area contributed by atoms with Crippen LogP contribution in [-0.4, -0.2) is 13.2 Å². The summed E-state index contributed by atoms with van der Waals surface area (Å²) < 4.78 is 14.9. The predicted octanol–water partition coefficient (Wildman–Crippen LogP) is 9.44. The Morgan fingerprint density at radius 3 is 1.40 bits per heavy atom. The lowest BCUT2D eigenvalue weighted by Gasteiger charge is -2.19. The molecule has 162 valence electrons. The van der Waals surface area contributed by atoms with Crippen molar-refractivity contribution in [1.82, 2.24) is 0 Å². The van der Waals surface area contributed by atoms with E-state index in [2.05, 4.69) is 82.1 Å². The molecule has 0 aliphatic carbocycles. The van der Waals surface area contributed by atoms with Gasteiger partial charge in [-0.1, -0.05) is 84.2 Å². The Labute approximate surface area is 197 Å². The van der Waals surface area contributed by atoms with Crippen LogP contribution < -0.4 is 9.47 Å². The average Bonchev–Trinajstić information content (AvgIpc) is 2.74. The lowest BCUT2D eigenvalue weighted by Crippen LogP contribution is -2.04. The van der Waals surface area contributed by atoms with E-state index in [9.17, 15) is 0 Å².